The average Bonchev–Trinajstić information content (AvgIpc) is 2.73. The average molecular weight is 397 g/mol. The number of pyridine rings is 1. The van der Waals surface area contributed by atoms with E-state index in [1.165, 1.54) is 7.11 Å². The summed E-state index contributed by atoms with van der Waals surface area (Å²) in [4.78, 5) is 16.7. The molecule has 0 unspecified atom stereocenters. The van der Waals surface area contributed by atoms with Crippen molar-refractivity contribution < 1.29 is 14.3 Å². The molecular weight excluding hydrogens is 376 g/mol. The standard InChI is InChI=1S/C22H21ClN2O3/c1-15(17-7-5-11-24-13-17)25-22(26)16-9-10-20(21(12-16)27-2)28-14-18-6-3-4-8-19(18)23/h3-13,15H,14H2,1-2H3,(H,25,26)/t15-/m1/s1. The highest BCUT2D eigenvalue weighted by atomic mass is 35.5. The second-order valence-corrected chi connectivity index (χ2v) is 6.63. The lowest BCUT2D eigenvalue weighted by Crippen LogP contribution is -2.26. The van der Waals surface area contributed by atoms with Crippen molar-refractivity contribution in [1.82, 2.24) is 10.3 Å². The molecule has 28 heavy (non-hydrogen) atoms. The Morgan fingerprint density at radius 3 is 2.68 bits per heavy atom. The lowest BCUT2D eigenvalue weighted by Gasteiger charge is -2.16. The van der Waals surface area contributed by atoms with E-state index >= 15 is 0 Å². The number of nitrogens with one attached hydrogen (secondary N) is 1. The Hall–Kier alpha value is -3.05. The van der Waals surface area contributed by atoms with Gasteiger partial charge in [0.05, 0.1) is 13.2 Å². The van der Waals surface area contributed by atoms with Crippen LogP contribution in [0, 0.1) is 0 Å². The number of ether oxygens (including phenoxy) is 2. The number of hydrogen-bond donors (Lipinski definition) is 1. The summed E-state index contributed by atoms with van der Waals surface area (Å²) in [6, 6.07) is 16.2. The summed E-state index contributed by atoms with van der Waals surface area (Å²) in [5.74, 6) is 0.820. The molecule has 144 valence electrons. The molecule has 6 heteroatoms. The molecular formula is C22H21ClN2O3. The minimum Gasteiger partial charge on any atom is -0.493 e. The highest BCUT2D eigenvalue weighted by Gasteiger charge is 2.15. The molecule has 0 aliphatic heterocycles. The van der Waals surface area contributed by atoms with Gasteiger partial charge in [-0.15, -0.1) is 0 Å². The van der Waals surface area contributed by atoms with Crippen molar-refractivity contribution in [3.05, 3.63) is 88.7 Å². The lowest BCUT2D eigenvalue weighted by atomic mass is 10.1. The zero-order valence-electron chi connectivity index (χ0n) is 15.7. The van der Waals surface area contributed by atoms with Gasteiger partial charge in [-0.2, -0.15) is 0 Å². The van der Waals surface area contributed by atoms with Crippen molar-refractivity contribution in [2.24, 2.45) is 0 Å². The van der Waals surface area contributed by atoms with Crippen LogP contribution in [-0.2, 0) is 6.61 Å². The van der Waals surface area contributed by atoms with Gasteiger partial charge in [0.1, 0.15) is 6.61 Å². The number of amides is 1. The molecule has 0 saturated heterocycles. The Morgan fingerprint density at radius 1 is 1.14 bits per heavy atom. The van der Waals surface area contributed by atoms with Crippen molar-refractivity contribution in [1.29, 1.82) is 0 Å². The maximum Gasteiger partial charge on any atom is 0.251 e. The summed E-state index contributed by atoms with van der Waals surface area (Å²) in [5, 5.41) is 3.60. The van der Waals surface area contributed by atoms with E-state index in [2.05, 4.69) is 10.3 Å². The summed E-state index contributed by atoms with van der Waals surface area (Å²) in [6.45, 7) is 2.22. The van der Waals surface area contributed by atoms with Gasteiger partial charge in [-0.3, -0.25) is 9.78 Å². The normalized spacial score (nSPS) is 11.5. The summed E-state index contributed by atoms with van der Waals surface area (Å²) < 4.78 is 11.2. The SMILES string of the molecule is COc1cc(C(=O)N[C@H](C)c2cccnc2)ccc1OCc1ccccc1Cl. The first kappa shape index (κ1) is 19.7. The second kappa shape index (κ2) is 9.24. The van der Waals surface area contributed by atoms with E-state index in [0.717, 1.165) is 11.1 Å². The van der Waals surface area contributed by atoms with E-state index in [0.29, 0.717) is 28.7 Å². The smallest absolute Gasteiger partial charge is 0.251 e. The molecule has 0 spiro atoms. The third-order valence-electron chi connectivity index (χ3n) is 4.30. The number of nitrogens with zero attached hydrogens (tertiary/aromatic N) is 1. The Balaban J connectivity index is 1.70. The Bertz CT molecular complexity index is 948. The van der Waals surface area contributed by atoms with Crippen LogP contribution in [0.1, 0.15) is 34.5 Å². The first-order valence-corrected chi connectivity index (χ1v) is 9.21. The van der Waals surface area contributed by atoms with Gasteiger partial charge < -0.3 is 14.8 Å². The van der Waals surface area contributed by atoms with Gasteiger partial charge in [0.15, 0.2) is 11.5 Å². The zero-order chi connectivity index (χ0) is 19.9. The van der Waals surface area contributed by atoms with Gasteiger partial charge in [0.25, 0.3) is 5.91 Å². The minimum atomic E-state index is -0.202. The van der Waals surface area contributed by atoms with Gasteiger partial charge in [0, 0.05) is 28.5 Å². The topological polar surface area (TPSA) is 60.5 Å². The van der Waals surface area contributed by atoms with Crippen molar-refractivity contribution in [3.63, 3.8) is 0 Å². The van der Waals surface area contributed by atoms with Crippen LogP contribution in [0.15, 0.2) is 67.0 Å². The molecule has 1 atom stereocenters. The van der Waals surface area contributed by atoms with E-state index in [1.54, 1.807) is 30.6 Å². The number of aromatic nitrogens is 1. The third kappa shape index (κ3) is 4.81. The second-order valence-electron chi connectivity index (χ2n) is 6.23. The highest BCUT2D eigenvalue weighted by molar-refractivity contribution is 6.31. The van der Waals surface area contributed by atoms with E-state index in [9.17, 15) is 4.79 Å². The fraction of sp³-hybridized carbons (Fsp3) is 0.182. The van der Waals surface area contributed by atoms with Crippen LogP contribution in [0.4, 0.5) is 0 Å². The molecule has 3 aromatic rings. The summed E-state index contributed by atoms with van der Waals surface area (Å²) >= 11 is 6.16. The Morgan fingerprint density at radius 2 is 1.96 bits per heavy atom. The molecule has 0 saturated carbocycles. The molecule has 0 fully saturated rings. The Kier molecular flexibility index (Phi) is 6.50. The van der Waals surface area contributed by atoms with Crippen LogP contribution in [-0.4, -0.2) is 18.0 Å². The first-order chi connectivity index (χ1) is 13.6. The van der Waals surface area contributed by atoms with E-state index in [1.807, 2.05) is 43.3 Å². The van der Waals surface area contributed by atoms with Crippen LogP contribution in [0.25, 0.3) is 0 Å². The fourth-order valence-electron chi connectivity index (χ4n) is 2.69. The molecule has 1 N–H and O–H groups in total. The van der Waals surface area contributed by atoms with Crippen molar-refractivity contribution >= 4 is 17.5 Å². The van der Waals surface area contributed by atoms with E-state index in [-0.39, 0.29) is 11.9 Å². The van der Waals surface area contributed by atoms with Crippen molar-refractivity contribution in [3.8, 4) is 11.5 Å². The fourth-order valence-corrected chi connectivity index (χ4v) is 2.88. The van der Waals surface area contributed by atoms with Crippen LogP contribution in [0.2, 0.25) is 5.02 Å². The van der Waals surface area contributed by atoms with Crippen molar-refractivity contribution in [2.75, 3.05) is 7.11 Å². The molecule has 0 aliphatic carbocycles. The predicted octanol–water partition coefficient (Wildman–Crippen LogP) is 4.81. The molecule has 0 radical (unpaired) electrons. The number of benzene rings is 2. The molecule has 0 aliphatic rings. The van der Waals surface area contributed by atoms with Gasteiger partial charge in [-0.25, -0.2) is 0 Å². The lowest BCUT2D eigenvalue weighted by molar-refractivity contribution is 0.0939. The summed E-state index contributed by atoms with van der Waals surface area (Å²) in [6.07, 6.45) is 3.43. The number of methoxy groups -OCH3 is 1. The Labute approximate surface area is 169 Å². The minimum absolute atomic E-state index is 0.164. The zero-order valence-corrected chi connectivity index (χ0v) is 16.4. The molecule has 1 amide bonds. The van der Waals surface area contributed by atoms with Crippen LogP contribution in [0.5, 0.6) is 11.5 Å². The number of hydrogen-bond acceptors (Lipinski definition) is 4. The molecule has 1 heterocycles. The summed E-state index contributed by atoms with van der Waals surface area (Å²) in [7, 11) is 1.54. The van der Waals surface area contributed by atoms with Crippen LogP contribution >= 0.6 is 11.6 Å². The quantitative estimate of drug-likeness (QED) is 0.622. The number of halogens is 1. The number of rotatable bonds is 7. The van der Waals surface area contributed by atoms with Gasteiger partial charge in [-0.05, 0) is 42.8 Å². The maximum absolute atomic E-state index is 12.6. The molecule has 3 rings (SSSR count). The molecule has 1 aromatic heterocycles. The number of carbonyl (C=O) groups excluding carboxylic acids is 1. The van der Waals surface area contributed by atoms with Gasteiger partial charge in [-0.1, -0.05) is 35.9 Å². The molecule has 2 aromatic carbocycles. The van der Waals surface area contributed by atoms with E-state index < -0.39 is 0 Å². The van der Waals surface area contributed by atoms with Gasteiger partial charge in [0.2, 0.25) is 0 Å². The monoisotopic (exact) mass is 396 g/mol. The number of carbonyl (C=O) groups is 1. The summed E-state index contributed by atoms with van der Waals surface area (Å²) in [5.41, 5.74) is 2.29. The molecule has 5 nitrogen and oxygen atoms in total. The maximum atomic E-state index is 12.6. The van der Waals surface area contributed by atoms with Gasteiger partial charge >= 0.3 is 0 Å². The van der Waals surface area contributed by atoms with Crippen LogP contribution < -0.4 is 14.8 Å². The molecule has 0 bridgehead atoms. The third-order valence-corrected chi connectivity index (χ3v) is 4.67. The predicted molar refractivity (Wildman–Crippen MR) is 109 cm³/mol. The van der Waals surface area contributed by atoms with E-state index in [4.69, 9.17) is 21.1 Å². The van der Waals surface area contributed by atoms with Crippen molar-refractivity contribution in [2.45, 2.75) is 19.6 Å². The largest absolute Gasteiger partial charge is 0.493 e. The van der Waals surface area contributed by atoms with Crippen LogP contribution in [0.3, 0.4) is 0 Å². The highest BCUT2D eigenvalue weighted by Crippen LogP contribution is 2.30. The first-order valence-electron chi connectivity index (χ1n) is 8.83.